The summed E-state index contributed by atoms with van der Waals surface area (Å²) in [6.07, 6.45) is 0.994. The van der Waals surface area contributed by atoms with Crippen LogP contribution in [0.25, 0.3) is 0 Å². The van der Waals surface area contributed by atoms with Crippen molar-refractivity contribution in [3.8, 4) is 0 Å². The molecule has 0 saturated carbocycles. The second kappa shape index (κ2) is 5.87. The summed E-state index contributed by atoms with van der Waals surface area (Å²) in [5.41, 5.74) is -1.23. The lowest BCUT2D eigenvalue weighted by molar-refractivity contribution is -0.158. The Labute approximate surface area is 137 Å². The lowest BCUT2D eigenvalue weighted by atomic mass is 9.89. The topological polar surface area (TPSA) is 74.5 Å². The first-order chi connectivity index (χ1) is 10.8. The predicted octanol–water partition coefficient (Wildman–Crippen LogP) is 0.761. The first kappa shape index (κ1) is 16.4. The van der Waals surface area contributed by atoms with Gasteiger partial charge in [0, 0.05) is 25.6 Å². The molecule has 1 saturated heterocycles. The van der Waals surface area contributed by atoms with Gasteiger partial charge in [-0.2, -0.15) is 0 Å². The van der Waals surface area contributed by atoms with Gasteiger partial charge in [0.15, 0.2) is 5.82 Å². The third-order valence-corrected chi connectivity index (χ3v) is 5.07. The van der Waals surface area contributed by atoms with Crippen molar-refractivity contribution in [2.24, 2.45) is 0 Å². The van der Waals surface area contributed by atoms with E-state index in [9.17, 15) is 9.90 Å². The van der Waals surface area contributed by atoms with Crippen LogP contribution in [0.5, 0.6) is 0 Å². The molecule has 23 heavy (non-hydrogen) atoms. The molecule has 3 rings (SSSR count). The Hall–Kier alpha value is -1.47. The maximum Gasteiger partial charge on any atom is 0.255 e. The number of carbonyl (C=O) groups is 1. The monoisotopic (exact) mass is 321 g/mol. The Bertz CT molecular complexity index is 589. The number of aliphatic hydroxyl groups is 1. The summed E-state index contributed by atoms with van der Waals surface area (Å²) in [4.78, 5) is 16.8. The van der Waals surface area contributed by atoms with E-state index < -0.39 is 5.60 Å². The van der Waals surface area contributed by atoms with Gasteiger partial charge in [-0.1, -0.05) is 13.8 Å². The number of amides is 1. The van der Waals surface area contributed by atoms with E-state index in [1.165, 1.54) is 0 Å². The van der Waals surface area contributed by atoms with Crippen LogP contribution in [0.2, 0.25) is 0 Å². The molecule has 0 spiro atoms. The number of piperidine rings is 1. The fourth-order valence-corrected chi connectivity index (χ4v) is 3.61. The first-order valence-electron chi connectivity index (χ1n) is 8.46. The molecule has 1 amide bonds. The number of hydrogen-bond donors (Lipinski definition) is 1. The number of aromatic nitrogens is 3. The zero-order valence-electron chi connectivity index (χ0n) is 14.5. The molecule has 1 atom stereocenters. The van der Waals surface area contributed by atoms with Crippen molar-refractivity contribution in [2.75, 3.05) is 26.7 Å². The molecule has 1 N–H and O–H groups in total. The Balaban J connectivity index is 1.79. The third-order valence-electron chi connectivity index (χ3n) is 5.07. The summed E-state index contributed by atoms with van der Waals surface area (Å²) in [5.74, 6) is 1.94. The van der Waals surface area contributed by atoms with Gasteiger partial charge in [-0.3, -0.25) is 4.79 Å². The number of hydrogen-bond acceptors (Lipinski definition) is 5. The van der Waals surface area contributed by atoms with E-state index in [4.69, 9.17) is 0 Å². The number of likely N-dealkylation sites (tertiary alicyclic amines) is 1. The van der Waals surface area contributed by atoms with E-state index in [-0.39, 0.29) is 11.9 Å². The molecule has 0 aliphatic carbocycles. The normalized spacial score (nSPS) is 24.8. The highest BCUT2D eigenvalue weighted by Gasteiger charge is 2.43. The molecule has 1 fully saturated rings. The minimum Gasteiger partial charge on any atom is -0.380 e. The fourth-order valence-electron chi connectivity index (χ4n) is 3.61. The predicted molar refractivity (Wildman–Crippen MR) is 85.9 cm³/mol. The van der Waals surface area contributed by atoms with Gasteiger partial charge < -0.3 is 19.5 Å². The molecule has 1 aromatic rings. The fraction of sp³-hybridized carbons (Fsp3) is 0.812. The molecule has 7 nitrogen and oxygen atoms in total. The molecule has 1 aromatic heterocycles. The van der Waals surface area contributed by atoms with Crippen molar-refractivity contribution in [3.63, 3.8) is 0 Å². The average Bonchev–Trinajstić information content (AvgIpc) is 2.94. The molecular formula is C16H27N5O2. The number of rotatable bonds is 2. The minimum atomic E-state index is -1.23. The van der Waals surface area contributed by atoms with Crippen LogP contribution >= 0.6 is 0 Å². The summed E-state index contributed by atoms with van der Waals surface area (Å²) >= 11 is 0. The molecular weight excluding hydrogens is 294 g/mol. The van der Waals surface area contributed by atoms with Gasteiger partial charge >= 0.3 is 0 Å². The van der Waals surface area contributed by atoms with Gasteiger partial charge in [0.2, 0.25) is 0 Å². The number of carbonyl (C=O) groups excluding carboxylic acids is 1. The smallest absolute Gasteiger partial charge is 0.255 e. The van der Waals surface area contributed by atoms with E-state index >= 15 is 0 Å². The molecule has 7 heteroatoms. The van der Waals surface area contributed by atoms with Crippen molar-refractivity contribution in [1.29, 1.82) is 0 Å². The molecule has 128 valence electrons. The lowest BCUT2D eigenvalue weighted by Crippen LogP contribution is -2.56. The van der Waals surface area contributed by atoms with Crippen molar-refractivity contribution < 1.29 is 9.90 Å². The molecule has 0 bridgehead atoms. The average molecular weight is 321 g/mol. The summed E-state index contributed by atoms with van der Waals surface area (Å²) in [6.45, 7) is 8.81. The SMILES string of the molecule is CC(C)c1nnc2n1[C@@H](C)CN(C(=O)C1(O)CCN(C)CC1)C2. The largest absolute Gasteiger partial charge is 0.380 e. The second-order valence-electron chi connectivity index (χ2n) is 7.37. The molecule has 3 heterocycles. The second-order valence-corrected chi connectivity index (χ2v) is 7.37. The highest BCUT2D eigenvalue weighted by Crippen LogP contribution is 2.29. The van der Waals surface area contributed by atoms with Crippen LogP contribution < -0.4 is 0 Å². The zero-order valence-corrected chi connectivity index (χ0v) is 14.5. The van der Waals surface area contributed by atoms with Crippen LogP contribution in [0.1, 0.15) is 57.2 Å². The summed E-state index contributed by atoms with van der Waals surface area (Å²) in [7, 11) is 2.02. The first-order valence-corrected chi connectivity index (χ1v) is 8.46. The Morgan fingerprint density at radius 1 is 1.30 bits per heavy atom. The zero-order chi connectivity index (χ0) is 16.8. The number of nitrogens with zero attached hydrogens (tertiary/aromatic N) is 5. The van der Waals surface area contributed by atoms with Crippen LogP contribution in [0.4, 0.5) is 0 Å². The molecule has 2 aliphatic heterocycles. The Morgan fingerprint density at radius 2 is 1.96 bits per heavy atom. The molecule has 2 aliphatic rings. The van der Waals surface area contributed by atoms with Crippen LogP contribution in [0.3, 0.4) is 0 Å². The van der Waals surface area contributed by atoms with Crippen molar-refractivity contribution in [3.05, 3.63) is 11.6 Å². The maximum absolute atomic E-state index is 12.9. The number of fused-ring (bicyclic) bond motifs is 1. The van der Waals surface area contributed by atoms with Gasteiger partial charge in [0.1, 0.15) is 11.4 Å². The highest BCUT2D eigenvalue weighted by atomic mass is 16.3. The molecule has 0 aromatic carbocycles. The van der Waals surface area contributed by atoms with Crippen LogP contribution in [-0.2, 0) is 11.3 Å². The summed E-state index contributed by atoms with van der Waals surface area (Å²) in [6, 6.07) is 0.130. The summed E-state index contributed by atoms with van der Waals surface area (Å²) in [5, 5.41) is 19.3. The van der Waals surface area contributed by atoms with Crippen LogP contribution in [0.15, 0.2) is 0 Å². The summed E-state index contributed by atoms with van der Waals surface area (Å²) < 4.78 is 2.15. The van der Waals surface area contributed by atoms with Crippen molar-refractivity contribution in [1.82, 2.24) is 24.6 Å². The minimum absolute atomic E-state index is 0.130. The van der Waals surface area contributed by atoms with E-state index in [0.29, 0.717) is 31.8 Å². The van der Waals surface area contributed by atoms with Crippen LogP contribution in [0, 0.1) is 0 Å². The van der Waals surface area contributed by atoms with E-state index in [2.05, 4.69) is 40.4 Å². The molecule has 0 radical (unpaired) electrons. The van der Waals surface area contributed by atoms with Gasteiger partial charge in [-0.05, 0) is 26.8 Å². The standard InChI is InChI=1S/C16H27N5O2/c1-11(2)14-18-17-13-10-20(9-12(3)21(13)14)15(22)16(23)5-7-19(4)8-6-16/h11-12,23H,5-10H2,1-4H3/t12-/m0/s1. The van der Waals surface area contributed by atoms with Gasteiger partial charge in [0.25, 0.3) is 5.91 Å². The van der Waals surface area contributed by atoms with E-state index in [1.54, 1.807) is 4.90 Å². The van der Waals surface area contributed by atoms with Gasteiger partial charge in [0.05, 0.1) is 12.6 Å². The maximum atomic E-state index is 12.9. The van der Waals surface area contributed by atoms with Crippen molar-refractivity contribution in [2.45, 2.75) is 57.7 Å². The quantitative estimate of drug-likeness (QED) is 0.870. The Kier molecular flexibility index (Phi) is 4.18. The van der Waals surface area contributed by atoms with Gasteiger partial charge in [-0.15, -0.1) is 10.2 Å². The molecule has 0 unspecified atom stereocenters. The third kappa shape index (κ3) is 2.87. The Morgan fingerprint density at radius 3 is 2.57 bits per heavy atom. The van der Waals surface area contributed by atoms with E-state index in [0.717, 1.165) is 24.7 Å². The van der Waals surface area contributed by atoms with Crippen LogP contribution in [-0.4, -0.2) is 67.9 Å². The van der Waals surface area contributed by atoms with Gasteiger partial charge in [-0.25, -0.2) is 0 Å². The van der Waals surface area contributed by atoms with E-state index in [1.807, 2.05) is 7.05 Å². The lowest BCUT2D eigenvalue weighted by Gasteiger charge is -2.41. The van der Waals surface area contributed by atoms with Crippen molar-refractivity contribution >= 4 is 5.91 Å². The highest BCUT2D eigenvalue weighted by molar-refractivity contribution is 5.85.